The Morgan fingerprint density at radius 2 is 2.06 bits per heavy atom. The maximum Gasteiger partial charge on any atom is 0.304 e. The number of esters is 1. The molecule has 0 saturated carbocycles. The van der Waals surface area contributed by atoms with E-state index in [1.165, 1.54) is 14.0 Å². The van der Waals surface area contributed by atoms with Crippen LogP contribution in [0.1, 0.15) is 18.9 Å². The number of carbonyl (C=O) groups is 1. The highest BCUT2D eigenvalue weighted by Gasteiger charge is 2.17. The molecule has 92 valence electrons. The summed E-state index contributed by atoms with van der Waals surface area (Å²) < 4.78 is 5.02. The quantitative estimate of drug-likeness (QED) is 0.328. The van der Waals surface area contributed by atoms with Crippen molar-refractivity contribution >= 4 is 5.97 Å². The highest BCUT2D eigenvalue weighted by atomic mass is 16.6. The van der Waals surface area contributed by atoms with Crippen molar-refractivity contribution in [3.63, 3.8) is 0 Å². The molecule has 0 aromatic heterocycles. The standard InChI is InChI=1S/C12H16N2O3/c1-10(15)17-12(14(2)13-16)9-8-11-6-4-3-5-7-11/h3-7,12H,8-9H2,1-2H3. The lowest BCUT2D eigenvalue weighted by Gasteiger charge is -2.22. The Hall–Kier alpha value is -1.91. The van der Waals surface area contributed by atoms with E-state index in [4.69, 9.17) is 4.74 Å². The molecule has 0 fully saturated rings. The van der Waals surface area contributed by atoms with Gasteiger partial charge in [0.2, 0.25) is 0 Å². The van der Waals surface area contributed by atoms with Crippen molar-refractivity contribution in [1.29, 1.82) is 0 Å². The lowest BCUT2D eigenvalue weighted by molar-refractivity contribution is -0.156. The van der Waals surface area contributed by atoms with E-state index in [0.29, 0.717) is 6.42 Å². The van der Waals surface area contributed by atoms with Gasteiger partial charge in [0.25, 0.3) is 0 Å². The molecule has 0 aliphatic heterocycles. The number of benzene rings is 1. The summed E-state index contributed by atoms with van der Waals surface area (Å²) in [4.78, 5) is 21.3. The molecular formula is C12H16N2O3. The normalized spacial score (nSPS) is 11.6. The Kier molecular flexibility index (Phi) is 5.13. The monoisotopic (exact) mass is 236 g/mol. The second kappa shape index (κ2) is 6.62. The minimum Gasteiger partial charge on any atom is -0.440 e. The molecule has 0 aliphatic carbocycles. The van der Waals surface area contributed by atoms with Crippen molar-refractivity contribution < 1.29 is 9.53 Å². The van der Waals surface area contributed by atoms with Gasteiger partial charge in [-0.2, -0.15) is 0 Å². The number of ether oxygens (including phenoxy) is 1. The number of rotatable bonds is 6. The molecule has 1 rings (SSSR count). The summed E-state index contributed by atoms with van der Waals surface area (Å²) in [5, 5.41) is 3.88. The van der Waals surface area contributed by atoms with Gasteiger partial charge < -0.3 is 4.74 Å². The number of hydrogen-bond acceptors (Lipinski definition) is 4. The molecule has 5 nitrogen and oxygen atoms in total. The Bertz CT molecular complexity index is 367. The fraction of sp³-hybridized carbons (Fsp3) is 0.417. The Labute approximate surface area is 100 Å². The molecule has 0 aliphatic rings. The van der Waals surface area contributed by atoms with Crippen molar-refractivity contribution in [2.45, 2.75) is 26.0 Å². The molecule has 0 N–H and O–H groups in total. The number of hydrogen-bond donors (Lipinski definition) is 0. The van der Waals surface area contributed by atoms with Crippen LogP contribution in [0.3, 0.4) is 0 Å². The molecule has 1 aromatic rings. The van der Waals surface area contributed by atoms with Crippen molar-refractivity contribution in [3.05, 3.63) is 40.8 Å². The minimum atomic E-state index is -0.606. The number of carbonyl (C=O) groups excluding carboxylic acids is 1. The second-order valence-corrected chi connectivity index (χ2v) is 3.74. The first-order valence-corrected chi connectivity index (χ1v) is 5.40. The smallest absolute Gasteiger partial charge is 0.304 e. The molecular weight excluding hydrogens is 220 g/mol. The van der Waals surface area contributed by atoms with Crippen LogP contribution in [-0.4, -0.2) is 24.3 Å². The lowest BCUT2D eigenvalue weighted by atomic mass is 10.1. The predicted octanol–water partition coefficient (Wildman–Crippen LogP) is 2.12. The Balaban J connectivity index is 2.54. The van der Waals surface area contributed by atoms with Crippen LogP contribution >= 0.6 is 0 Å². The Morgan fingerprint density at radius 3 is 2.59 bits per heavy atom. The molecule has 0 saturated heterocycles. The summed E-state index contributed by atoms with van der Waals surface area (Å²) in [6.45, 7) is 1.31. The predicted molar refractivity (Wildman–Crippen MR) is 63.9 cm³/mol. The summed E-state index contributed by atoms with van der Waals surface area (Å²) in [7, 11) is 1.49. The van der Waals surface area contributed by atoms with E-state index in [1.807, 2.05) is 30.3 Å². The van der Waals surface area contributed by atoms with Crippen molar-refractivity contribution in [3.8, 4) is 0 Å². The van der Waals surface area contributed by atoms with Crippen molar-refractivity contribution in [2.75, 3.05) is 7.05 Å². The van der Waals surface area contributed by atoms with Crippen LogP contribution in [0.4, 0.5) is 0 Å². The Morgan fingerprint density at radius 1 is 1.41 bits per heavy atom. The van der Waals surface area contributed by atoms with Gasteiger partial charge in [0.1, 0.15) is 0 Å². The first-order chi connectivity index (χ1) is 8.13. The SMILES string of the molecule is CC(=O)OC(CCc1ccccc1)N(C)N=O. The highest BCUT2D eigenvalue weighted by Crippen LogP contribution is 2.10. The fourth-order valence-corrected chi connectivity index (χ4v) is 1.50. The number of nitroso groups, excluding NO2 is 1. The van der Waals surface area contributed by atoms with Crippen LogP contribution in [0.5, 0.6) is 0 Å². The van der Waals surface area contributed by atoms with E-state index in [-0.39, 0.29) is 0 Å². The summed E-state index contributed by atoms with van der Waals surface area (Å²) in [6.07, 6.45) is 0.648. The summed E-state index contributed by atoms with van der Waals surface area (Å²) in [5.74, 6) is -0.418. The van der Waals surface area contributed by atoms with E-state index in [9.17, 15) is 9.70 Å². The van der Waals surface area contributed by atoms with Crippen LogP contribution in [0.15, 0.2) is 35.6 Å². The topological polar surface area (TPSA) is 59.0 Å². The van der Waals surface area contributed by atoms with E-state index < -0.39 is 12.2 Å². The van der Waals surface area contributed by atoms with Crippen LogP contribution in [0, 0.1) is 4.91 Å². The fourth-order valence-electron chi connectivity index (χ4n) is 1.50. The molecule has 17 heavy (non-hydrogen) atoms. The summed E-state index contributed by atoms with van der Waals surface area (Å²) >= 11 is 0. The van der Waals surface area contributed by atoms with Gasteiger partial charge in [-0.15, -0.1) is 4.91 Å². The number of nitrogens with zero attached hydrogens (tertiary/aromatic N) is 2. The van der Waals surface area contributed by atoms with Crippen molar-refractivity contribution in [2.24, 2.45) is 5.29 Å². The zero-order chi connectivity index (χ0) is 12.7. The van der Waals surface area contributed by atoms with Crippen LogP contribution in [0.2, 0.25) is 0 Å². The zero-order valence-electron chi connectivity index (χ0n) is 10.00. The minimum absolute atomic E-state index is 0.418. The van der Waals surface area contributed by atoms with E-state index in [2.05, 4.69) is 5.29 Å². The van der Waals surface area contributed by atoms with E-state index in [0.717, 1.165) is 17.0 Å². The zero-order valence-corrected chi connectivity index (χ0v) is 10.00. The molecule has 1 unspecified atom stereocenters. The average Bonchev–Trinajstić information content (AvgIpc) is 2.34. The van der Waals surface area contributed by atoms with Gasteiger partial charge in [-0.25, -0.2) is 5.01 Å². The van der Waals surface area contributed by atoms with Gasteiger partial charge in [0.15, 0.2) is 6.23 Å². The van der Waals surface area contributed by atoms with Gasteiger partial charge in [0.05, 0.1) is 5.29 Å². The second-order valence-electron chi connectivity index (χ2n) is 3.74. The van der Waals surface area contributed by atoms with Gasteiger partial charge in [-0.1, -0.05) is 30.3 Å². The number of aryl methyl sites for hydroxylation is 1. The molecule has 5 heteroatoms. The first kappa shape index (κ1) is 13.2. The first-order valence-electron chi connectivity index (χ1n) is 5.40. The summed E-state index contributed by atoms with van der Waals surface area (Å²) in [6, 6.07) is 9.79. The van der Waals surface area contributed by atoms with Crippen molar-refractivity contribution in [1.82, 2.24) is 5.01 Å². The van der Waals surface area contributed by atoms with Gasteiger partial charge in [-0.3, -0.25) is 4.79 Å². The van der Waals surface area contributed by atoms with Gasteiger partial charge in [-0.05, 0) is 12.0 Å². The molecule has 1 aromatic carbocycles. The van der Waals surface area contributed by atoms with E-state index in [1.54, 1.807) is 0 Å². The van der Waals surface area contributed by atoms with E-state index >= 15 is 0 Å². The average molecular weight is 236 g/mol. The van der Waals surface area contributed by atoms with Gasteiger partial charge in [0, 0.05) is 20.4 Å². The molecule has 0 amide bonds. The molecule has 0 radical (unpaired) electrons. The molecule has 0 spiro atoms. The summed E-state index contributed by atoms with van der Waals surface area (Å²) in [5.41, 5.74) is 1.13. The maximum atomic E-state index is 10.9. The maximum absolute atomic E-state index is 10.9. The molecule has 0 heterocycles. The van der Waals surface area contributed by atoms with Gasteiger partial charge >= 0.3 is 5.97 Å². The third-order valence-electron chi connectivity index (χ3n) is 2.37. The highest BCUT2D eigenvalue weighted by molar-refractivity contribution is 5.66. The van der Waals surface area contributed by atoms with Crippen LogP contribution in [-0.2, 0) is 16.0 Å². The molecule has 0 bridgehead atoms. The lowest BCUT2D eigenvalue weighted by Crippen LogP contribution is -2.31. The van der Waals surface area contributed by atoms with Crippen LogP contribution < -0.4 is 0 Å². The largest absolute Gasteiger partial charge is 0.440 e. The third-order valence-corrected chi connectivity index (χ3v) is 2.37. The van der Waals surface area contributed by atoms with Crippen LogP contribution in [0.25, 0.3) is 0 Å². The molecule has 1 atom stereocenters. The third kappa shape index (κ3) is 4.63.